The lowest BCUT2D eigenvalue weighted by Gasteiger charge is -2.33. The maximum atomic E-state index is 12.6. The molecule has 2 rings (SSSR count). The second-order valence-corrected chi connectivity index (χ2v) is 6.31. The summed E-state index contributed by atoms with van der Waals surface area (Å²) in [6.07, 6.45) is 0. The molecule has 0 saturated carbocycles. The minimum absolute atomic E-state index is 0.240. The summed E-state index contributed by atoms with van der Waals surface area (Å²) in [4.78, 5) is 19.6. The van der Waals surface area contributed by atoms with E-state index in [-0.39, 0.29) is 5.78 Å². The molecular formula is C19H31N3O. The van der Waals surface area contributed by atoms with E-state index in [9.17, 15) is 4.79 Å². The fourth-order valence-corrected chi connectivity index (χ4v) is 3.31. The minimum Gasteiger partial charge on any atom is -0.372 e. The number of hydrogen-bond donors (Lipinski definition) is 0. The Bertz CT molecular complexity index is 517. The number of carbonyl (C=O) groups excluding carboxylic acids is 1. The number of benzene rings is 1. The van der Waals surface area contributed by atoms with Crippen LogP contribution in [0.2, 0.25) is 0 Å². The largest absolute Gasteiger partial charge is 0.372 e. The zero-order valence-electron chi connectivity index (χ0n) is 15.1. The van der Waals surface area contributed by atoms with Crippen molar-refractivity contribution < 1.29 is 4.79 Å². The SMILES string of the molecule is CCN1CCN(CC(=O)c2ccc(N(CC)CC)c(C)c2)CC1. The number of carbonyl (C=O) groups is 1. The first-order chi connectivity index (χ1) is 11.1. The molecule has 4 nitrogen and oxygen atoms in total. The van der Waals surface area contributed by atoms with Crippen LogP contribution in [-0.2, 0) is 0 Å². The van der Waals surface area contributed by atoms with Crippen LogP contribution < -0.4 is 4.90 Å². The van der Waals surface area contributed by atoms with E-state index in [1.807, 2.05) is 6.07 Å². The first-order valence-electron chi connectivity index (χ1n) is 8.92. The maximum absolute atomic E-state index is 12.6. The van der Waals surface area contributed by atoms with Crippen molar-refractivity contribution in [2.24, 2.45) is 0 Å². The average molecular weight is 317 g/mol. The van der Waals surface area contributed by atoms with Gasteiger partial charge >= 0.3 is 0 Å². The van der Waals surface area contributed by atoms with Crippen LogP contribution >= 0.6 is 0 Å². The van der Waals surface area contributed by atoms with Crippen LogP contribution in [0, 0.1) is 6.92 Å². The molecule has 1 saturated heterocycles. The lowest BCUT2D eigenvalue weighted by atomic mass is 10.0. The number of nitrogens with zero attached hydrogens (tertiary/aromatic N) is 3. The number of ketones is 1. The average Bonchev–Trinajstić information content (AvgIpc) is 2.58. The lowest BCUT2D eigenvalue weighted by Crippen LogP contribution is -2.47. The third kappa shape index (κ3) is 4.55. The molecule has 128 valence electrons. The number of likely N-dealkylation sites (N-methyl/N-ethyl adjacent to an activating group) is 1. The van der Waals surface area contributed by atoms with Crippen molar-refractivity contribution in [1.82, 2.24) is 9.80 Å². The molecule has 4 heteroatoms. The highest BCUT2D eigenvalue weighted by Crippen LogP contribution is 2.21. The molecule has 1 aliphatic heterocycles. The number of aryl methyl sites for hydroxylation is 1. The summed E-state index contributed by atoms with van der Waals surface area (Å²) in [6, 6.07) is 6.15. The van der Waals surface area contributed by atoms with E-state index in [2.05, 4.69) is 54.5 Å². The van der Waals surface area contributed by atoms with Gasteiger partial charge in [0.2, 0.25) is 0 Å². The van der Waals surface area contributed by atoms with Crippen molar-refractivity contribution in [2.45, 2.75) is 27.7 Å². The van der Waals surface area contributed by atoms with Crippen molar-refractivity contribution in [3.8, 4) is 0 Å². The molecule has 23 heavy (non-hydrogen) atoms. The van der Waals surface area contributed by atoms with Gasteiger partial charge in [-0.2, -0.15) is 0 Å². The van der Waals surface area contributed by atoms with Gasteiger partial charge in [-0.3, -0.25) is 9.69 Å². The molecule has 0 unspecified atom stereocenters. The van der Waals surface area contributed by atoms with Gasteiger partial charge in [0, 0.05) is 50.5 Å². The smallest absolute Gasteiger partial charge is 0.176 e. The highest BCUT2D eigenvalue weighted by Gasteiger charge is 2.19. The minimum atomic E-state index is 0.240. The van der Waals surface area contributed by atoms with Gasteiger partial charge in [-0.15, -0.1) is 0 Å². The van der Waals surface area contributed by atoms with Crippen LogP contribution in [0.4, 0.5) is 5.69 Å². The highest BCUT2D eigenvalue weighted by molar-refractivity contribution is 5.98. The van der Waals surface area contributed by atoms with Crippen molar-refractivity contribution in [2.75, 3.05) is 57.3 Å². The molecule has 1 heterocycles. The summed E-state index contributed by atoms with van der Waals surface area (Å²) in [5.74, 6) is 0.240. The van der Waals surface area contributed by atoms with E-state index in [4.69, 9.17) is 0 Å². The Kier molecular flexibility index (Phi) is 6.60. The molecule has 1 aliphatic rings. The molecule has 1 aromatic rings. The predicted octanol–water partition coefficient (Wildman–Crippen LogP) is 2.66. The van der Waals surface area contributed by atoms with E-state index < -0.39 is 0 Å². The first kappa shape index (κ1) is 18.0. The standard InChI is InChI=1S/C19H31N3O/c1-5-20-10-12-21(13-11-20)15-19(23)17-8-9-18(16(4)14-17)22(6-2)7-3/h8-9,14H,5-7,10-13,15H2,1-4H3. The molecule has 0 aliphatic carbocycles. The molecule has 0 spiro atoms. The normalized spacial score (nSPS) is 16.5. The van der Waals surface area contributed by atoms with Gasteiger partial charge < -0.3 is 9.80 Å². The Morgan fingerprint density at radius 1 is 1.04 bits per heavy atom. The molecule has 1 aromatic carbocycles. The topological polar surface area (TPSA) is 26.8 Å². The predicted molar refractivity (Wildman–Crippen MR) is 97.6 cm³/mol. The Balaban J connectivity index is 1.99. The molecule has 0 N–H and O–H groups in total. The van der Waals surface area contributed by atoms with Gasteiger partial charge in [-0.1, -0.05) is 6.92 Å². The third-order valence-electron chi connectivity index (χ3n) is 4.90. The zero-order chi connectivity index (χ0) is 16.8. The van der Waals surface area contributed by atoms with E-state index in [0.717, 1.165) is 51.4 Å². The number of rotatable bonds is 7. The molecule has 0 aromatic heterocycles. The third-order valence-corrected chi connectivity index (χ3v) is 4.90. The van der Waals surface area contributed by atoms with Crippen LogP contribution in [0.3, 0.4) is 0 Å². The van der Waals surface area contributed by atoms with Crippen LogP contribution in [0.5, 0.6) is 0 Å². The maximum Gasteiger partial charge on any atom is 0.176 e. The Labute approximate surface area is 141 Å². The van der Waals surface area contributed by atoms with Gasteiger partial charge in [-0.05, 0) is 51.1 Å². The quantitative estimate of drug-likeness (QED) is 0.723. The molecule has 1 fully saturated rings. The van der Waals surface area contributed by atoms with Crippen molar-refractivity contribution in [1.29, 1.82) is 0 Å². The van der Waals surface area contributed by atoms with Crippen molar-refractivity contribution >= 4 is 11.5 Å². The summed E-state index contributed by atoms with van der Waals surface area (Å²) in [6.45, 7) is 16.4. The van der Waals surface area contributed by atoms with E-state index in [1.165, 1.54) is 11.3 Å². The Morgan fingerprint density at radius 3 is 2.17 bits per heavy atom. The Morgan fingerprint density at radius 2 is 1.65 bits per heavy atom. The van der Waals surface area contributed by atoms with Crippen LogP contribution in [-0.4, -0.2) is 67.9 Å². The second-order valence-electron chi connectivity index (χ2n) is 6.31. The molecule has 0 amide bonds. The number of Topliss-reactive ketones (excluding diaryl/α,β-unsaturated/α-hetero) is 1. The number of piperazine rings is 1. The fraction of sp³-hybridized carbons (Fsp3) is 0.632. The van der Waals surface area contributed by atoms with Gasteiger partial charge in [0.05, 0.1) is 6.54 Å². The van der Waals surface area contributed by atoms with Gasteiger partial charge in [0.1, 0.15) is 0 Å². The number of anilines is 1. The summed E-state index contributed by atoms with van der Waals surface area (Å²) in [7, 11) is 0. The molecular weight excluding hydrogens is 286 g/mol. The lowest BCUT2D eigenvalue weighted by molar-refractivity contribution is 0.0859. The van der Waals surface area contributed by atoms with Crippen molar-refractivity contribution in [3.63, 3.8) is 0 Å². The van der Waals surface area contributed by atoms with Crippen molar-refractivity contribution in [3.05, 3.63) is 29.3 Å². The van der Waals surface area contributed by atoms with Crippen LogP contribution in [0.25, 0.3) is 0 Å². The molecule has 0 bridgehead atoms. The molecule has 0 atom stereocenters. The van der Waals surface area contributed by atoms with Gasteiger partial charge in [0.25, 0.3) is 0 Å². The Hall–Kier alpha value is -1.39. The van der Waals surface area contributed by atoms with Gasteiger partial charge in [-0.25, -0.2) is 0 Å². The summed E-state index contributed by atoms with van der Waals surface area (Å²) in [5.41, 5.74) is 3.27. The monoisotopic (exact) mass is 317 g/mol. The highest BCUT2D eigenvalue weighted by atomic mass is 16.1. The van der Waals surface area contributed by atoms with E-state index in [0.29, 0.717) is 6.54 Å². The first-order valence-corrected chi connectivity index (χ1v) is 8.92. The van der Waals surface area contributed by atoms with E-state index >= 15 is 0 Å². The fourth-order valence-electron chi connectivity index (χ4n) is 3.31. The number of hydrogen-bond acceptors (Lipinski definition) is 4. The summed E-state index contributed by atoms with van der Waals surface area (Å²) >= 11 is 0. The van der Waals surface area contributed by atoms with Crippen LogP contribution in [0.15, 0.2) is 18.2 Å². The van der Waals surface area contributed by atoms with E-state index in [1.54, 1.807) is 0 Å². The summed E-state index contributed by atoms with van der Waals surface area (Å²) < 4.78 is 0. The molecule has 0 radical (unpaired) electrons. The summed E-state index contributed by atoms with van der Waals surface area (Å²) in [5, 5.41) is 0. The zero-order valence-corrected chi connectivity index (χ0v) is 15.1. The van der Waals surface area contributed by atoms with Crippen LogP contribution in [0.1, 0.15) is 36.7 Å². The second kappa shape index (κ2) is 8.46. The van der Waals surface area contributed by atoms with Gasteiger partial charge in [0.15, 0.2) is 5.78 Å².